The number of rotatable bonds is 11. The number of ether oxygens (including phenoxy) is 2. The molecule has 0 aromatic heterocycles. The van der Waals surface area contributed by atoms with Crippen molar-refractivity contribution in [3.63, 3.8) is 0 Å². The molecule has 0 bridgehead atoms. The summed E-state index contributed by atoms with van der Waals surface area (Å²) in [6, 6.07) is 31.4. The average Bonchev–Trinajstić information content (AvgIpc) is 3.34. The molecule has 0 N–H and O–H groups in total. The summed E-state index contributed by atoms with van der Waals surface area (Å²) in [6.07, 6.45) is 1.42. The van der Waals surface area contributed by atoms with Gasteiger partial charge in [-0.05, 0) is 40.7 Å². The van der Waals surface area contributed by atoms with Gasteiger partial charge in [-0.15, -0.1) is 0 Å². The van der Waals surface area contributed by atoms with E-state index in [1.807, 2.05) is 37.3 Å². The fourth-order valence-electron chi connectivity index (χ4n) is 5.73. The molecule has 0 radical (unpaired) electrons. The summed E-state index contributed by atoms with van der Waals surface area (Å²) in [7, 11) is -2.66. The van der Waals surface area contributed by atoms with Crippen molar-refractivity contribution in [2.24, 2.45) is 5.41 Å². The Morgan fingerprint density at radius 3 is 1.90 bits per heavy atom. The van der Waals surface area contributed by atoms with Gasteiger partial charge in [0.25, 0.3) is 8.32 Å². The number of benzene rings is 3. The molecule has 4 nitrogen and oxygen atoms in total. The van der Waals surface area contributed by atoms with Crippen molar-refractivity contribution in [2.75, 3.05) is 13.2 Å². The van der Waals surface area contributed by atoms with Crippen LogP contribution in [0.4, 0.5) is 0 Å². The molecule has 1 aliphatic heterocycles. The van der Waals surface area contributed by atoms with Gasteiger partial charge >= 0.3 is 0 Å². The first-order valence-corrected chi connectivity index (χ1v) is 16.0. The van der Waals surface area contributed by atoms with Crippen molar-refractivity contribution >= 4 is 24.5 Å². The van der Waals surface area contributed by atoms with Gasteiger partial charge in [0.1, 0.15) is 12.2 Å². The fourth-order valence-corrected chi connectivity index (χ4v) is 10.5. The lowest BCUT2D eigenvalue weighted by atomic mass is 9.85. The molecule has 208 valence electrons. The molecule has 2 atom stereocenters. The zero-order valence-corrected chi connectivity index (χ0v) is 25.4. The van der Waals surface area contributed by atoms with E-state index in [1.165, 1.54) is 10.4 Å². The number of hydrogen-bond donors (Lipinski definition) is 0. The van der Waals surface area contributed by atoms with E-state index >= 15 is 0 Å². The molecule has 1 fully saturated rings. The molecule has 4 rings (SSSR count). The van der Waals surface area contributed by atoms with Gasteiger partial charge in [-0.1, -0.05) is 126 Å². The molecule has 1 saturated heterocycles. The van der Waals surface area contributed by atoms with E-state index in [0.717, 1.165) is 12.0 Å². The van der Waals surface area contributed by atoms with Gasteiger partial charge in [0.15, 0.2) is 5.78 Å². The maximum absolute atomic E-state index is 13.2. The topological polar surface area (TPSA) is 44.8 Å². The Kier molecular flexibility index (Phi) is 8.97. The average molecular weight is 545 g/mol. The highest BCUT2D eigenvalue weighted by Crippen LogP contribution is 2.42. The second-order valence-electron chi connectivity index (χ2n) is 12.7. The lowest BCUT2D eigenvalue weighted by Gasteiger charge is -2.45. The van der Waals surface area contributed by atoms with Crippen LogP contribution >= 0.6 is 0 Å². The van der Waals surface area contributed by atoms with Crippen LogP contribution in [-0.2, 0) is 25.3 Å². The first-order valence-electron chi connectivity index (χ1n) is 14.1. The van der Waals surface area contributed by atoms with Crippen molar-refractivity contribution in [2.45, 2.75) is 77.7 Å². The summed E-state index contributed by atoms with van der Waals surface area (Å²) >= 11 is 0. The second kappa shape index (κ2) is 11.9. The van der Waals surface area contributed by atoms with Gasteiger partial charge in [-0.25, -0.2) is 0 Å². The third-order valence-corrected chi connectivity index (χ3v) is 13.2. The third kappa shape index (κ3) is 6.44. The zero-order valence-electron chi connectivity index (χ0n) is 24.4. The summed E-state index contributed by atoms with van der Waals surface area (Å²) in [5.41, 5.74) is -0.0614. The standard InChI is InChI=1S/C34H44O4Si/c1-32(2,3)39(28-18-12-8-13-19-28,29-20-14-9-15-21-29)37-26-33(4,5)31-22-23-34(6,38-31)30(35)25-36-24-27-16-10-7-11-17-27/h7-21,31H,22-26H2,1-6H3/t31-,34+/m1/s1. The molecule has 39 heavy (non-hydrogen) atoms. The lowest BCUT2D eigenvalue weighted by molar-refractivity contribution is -0.152. The van der Waals surface area contributed by atoms with Crippen molar-refractivity contribution in [3.05, 3.63) is 96.6 Å². The number of carbonyl (C=O) groups excluding carboxylic acids is 1. The fraction of sp³-hybridized carbons (Fsp3) is 0.441. The van der Waals surface area contributed by atoms with Gasteiger partial charge in [0.05, 0.1) is 12.7 Å². The molecule has 1 aliphatic rings. The third-order valence-electron chi connectivity index (χ3n) is 8.17. The number of hydrogen-bond acceptors (Lipinski definition) is 4. The van der Waals surface area contributed by atoms with Crippen LogP contribution in [0.3, 0.4) is 0 Å². The van der Waals surface area contributed by atoms with Gasteiger partial charge in [-0.2, -0.15) is 0 Å². The van der Waals surface area contributed by atoms with Crippen LogP contribution in [0, 0.1) is 5.41 Å². The molecule has 1 heterocycles. The van der Waals surface area contributed by atoms with Crippen molar-refractivity contribution in [1.82, 2.24) is 0 Å². The molecule has 0 spiro atoms. The van der Waals surface area contributed by atoms with E-state index in [-0.39, 0.29) is 28.9 Å². The molecule has 0 aliphatic carbocycles. The van der Waals surface area contributed by atoms with Crippen LogP contribution in [0.15, 0.2) is 91.0 Å². The first-order chi connectivity index (χ1) is 18.5. The Morgan fingerprint density at radius 2 is 1.38 bits per heavy atom. The van der Waals surface area contributed by atoms with Crippen molar-refractivity contribution in [1.29, 1.82) is 0 Å². The minimum absolute atomic E-state index is 0.00429. The highest BCUT2D eigenvalue weighted by Gasteiger charge is 2.52. The van der Waals surface area contributed by atoms with Gasteiger partial charge < -0.3 is 13.9 Å². The van der Waals surface area contributed by atoms with Gasteiger partial charge in [0.2, 0.25) is 0 Å². The largest absolute Gasteiger partial charge is 0.407 e. The highest BCUT2D eigenvalue weighted by molar-refractivity contribution is 6.99. The van der Waals surface area contributed by atoms with Gasteiger partial charge in [0, 0.05) is 12.0 Å². The predicted molar refractivity (Wildman–Crippen MR) is 161 cm³/mol. The summed E-state index contributed by atoms with van der Waals surface area (Å²) in [4.78, 5) is 13.2. The molecular formula is C34H44O4Si. The summed E-state index contributed by atoms with van der Waals surface area (Å²) in [5, 5.41) is 2.44. The van der Waals surface area contributed by atoms with E-state index in [9.17, 15) is 4.79 Å². The molecule has 5 heteroatoms. The minimum Gasteiger partial charge on any atom is -0.407 e. The molecule has 3 aromatic carbocycles. The van der Waals surface area contributed by atoms with E-state index in [1.54, 1.807) is 0 Å². The Morgan fingerprint density at radius 1 is 0.872 bits per heavy atom. The van der Waals surface area contributed by atoms with Crippen LogP contribution < -0.4 is 10.4 Å². The smallest absolute Gasteiger partial charge is 0.261 e. The maximum Gasteiger partial charge on any atom is 0.261 e. The Labute approximate surface area is 235 Å². The number of carbonyl (C=O) groups is 1. The Balaban J connectivity index is 1.48. The Bertz CT molecular complexity index is 1160. The van der Waals surface area contributed by atoms with Crippen LogP contribution in [-0.4, -0.2) is 39.0 Å². The molecular weight excluding hydrogens is 500 g/mol. The number of ketones is 1. The van der Waals surface area contributed by atoms with E-state index in [2.05, 4.69) is 95.3 Å². The van der Waals surface area contributed by atoms with E-state index in [4.69, 9.17) is 13.9 Å². The predicted octanol–water partition coefficient (Wildman–Crippen LogP) is 6.31. The number of Topliss-reactive ketones (excluding diaryl/α,β-unsaturated/α-hetero) is 1. The lowest BCUT2D eigenvalue weighted by Crippen LogP contribution is -2.67. The van der Waals surface area contributed by atoms with E-state index < -0.39 is 13.9 Å². The quantitative estimate of drug-likeness (QED) is 0.265. The van der Waals surface area contributed by atoms with Crippen molar-refractivity contribution in [3.8, 4) is 0 Å². The summed E-state index contributed by atoms with van der Waals surface area (Å²) in [6.45, 7) is 14.2. The molecule has 0 unspecified atom stereocenters. The van der Waals surface area contributed by atoms with Gasteiger partial charge in [-0.3, -0.25) is 4.79 Å². The second-order valence-corrected chi connectivity index (χ2v) is 17.0. The van der Waals surface area contributed by atoms with Crippen LogP contribution in [0.5, 0.6) is 0 Å². The molecule has 0 amide bonds. The molecule has 3 aromatic rings. The van der Waals surface area contributed by atoms with Crippen LogP contribution in [0.25, 0.3) is 0 Å². The minimum atomic E-state index is -2.66. The van der Waals surface area contributed by atoms with Crippen LogP contribution in [0.1, 0.15) is 59.9 Å². The summed E-state index contributed by atoms with van der Waals surface area (Å²) in [5.74, 6) is 0.00429. The first kappa shape index (κ1) is 29.4. The monoisotopic (exact) mass is 544 g/mol. The molecule has 0 saturated carbocycles. The summed E-state index contributed by atoms with van der Waals surface area (Å²) < 4.78 is 19.5. The highest BCUT2D eigenvalue weighted by atomic mass is 28.4. The zero-order chi connectivity index (χ0) is 28.2. The van der Waals surface area contributed by atoms with Crippen molar-refractivity contribution < 1.29 is 18.7 Å². The SMILES string of the molecule is CC(C)(CO[Si](c1ccccc1)(c1ccccc1)C(C)(C)C)[C@H]1CC[C@@](C)(C(=O)COCc2ccccc2)O1. The van der Waals surface area contributed by atoms with Crippen LogP contribution in [0.2, 0.25) is 5.04 Å². The maximum atomic E-state index is 13.2. The van der Waals surface area contributed by atoms with E-state index in [0.29, 0.717) is 19.6 Å². The normalized spacial score (nSPS) is 20.2. The Hall–Kier alpha value is -2.57.